The lowest BCUT2D eigenvalue weighted by Gasteiger charge is -2.17. The monoisotopic (exact) mass is 254 g/mol. The molecule has 0 aliphatic carbocycles. The minimum atomic E-state index is -0.506. The third kappa shape index (κ3) is 3.35. The number of nitrogens with two attached hydrogens (primary N) is 1. The van der Waals surface area contributed by atoms with E-state index in [1.807, 2.05) is 54.6 Å². The van der Waals surface area contributed by atoms with Gasteiger partial charge in [-0.05, 0) is 29.7 Å². The molecule has 0 saturated heterocycles. The number of hydrogen-bond donors (Lipinski definition) is 2. The maximum absolute atomic E-state index is 11.6. The molecule has 0 saturated carbocycles. The Morgan fingerprint density at radius 3 is 2.26 bits per heavy atom. The molecule has 3 heteroatoms. The second-order valence-corrected chi connectivity index (χ2v) is 4.44. The molecule has 98 valence electrons. The first-order chi connectivity index (χ1) is 9.20. The molecule has 19 heavy (non-hydrogen) atoms. The topological polar surface area (TPSA) is 55.1 Å². The van der Waals surface area contributed by atoms with Gasteiger partial charge in [0.2, 0.25) is 5.91 Å². The van der Waals surface area contributed by atoms with Crippen LogP contribution in [0.3, 0.4) is 0 Å². The van der Waals surface area contributed by atoms with Crippen molar-refractivity contribution in [2.45, 2.75) is 19.4 Å². The molecule has 3 nitrogen and oxygen atoms in total. The fourth-order valence-corrected chi connectivity index (χ4v) is 1.97. The minimum absolute atomic E-state index is 0.381. The number of primary amides is 1. The number of hydrogen-bond acceptors (Lipinski definition) is 2. The molecule has 0 spiro atoms. The zero-order valence-corrected chi connectivity index (χ0v) is 11.0. The van der Waals surface area contributed by atoms with Crippen molar-refractivity contribution in [3.63, 3.8) is 0 Å². The van der Waals surface area contributed by atoms with Crippen LogP contribution in [0.5, 0.6) is 0 Å². The van der Waals surface area contributed by atoms with E-state index in [9.17, 15) is 4.79 Å². The van der Waals surface area contributed by atoms with E-state index >= 15 is 0 Å². The number of aryl methyl sites for hydroxylation is 1. The number of carbonyl (C=O) groups excluding carboxylic acids is 1. The Hall–Kier alpha value is -2.29. The zero-order valence-electron chi connectivity index (χ0n) is 11.0. The Balaban J connectivity index is 2.22. The van der Waals surface area contributed by atoms with Crippen LogP contribution < -0.4 is 11.1 Å². The van der Waals surface area contributed by atoms with E-state index in [2.05, 4.69) is 12.2 Å². The van der Waals surface area contributed by atoms with Crippen molar-refractivity contribution in [1.82, 2.24) is 0 Å². The molecule has 0 aliphatic rings. The fourth-order valence-electron chi connectivity index (χ4n) is 1.97. The second-order valence-electron chi connectivity index (χ2n) is 4.44. The number of rotatable bonds is 5. The van der Waals surface area contributed by atoms with E-state index in [1.165, 1.54) is 5.56 Å². The van der Waals surface area contributed by atoms with Crippen molar-refractivity contribution in [3.8, 4) is 0 Å². The van der Waals surface area contributed by atoms with E-state index in [1.54, 1.807) is 0 Å². The highest BCUT2D eigenvalue weighted by Crippen LogP contribution is 2.19. The summed E-state index contributed by atoms with van der Waals surface area (Å²) in [4.78, 5) is 11.6. The molecule has 2 rings (SSSR count). The Morgan fingerprint density at radius 2 is 1.74 bits per heavy atom. The minimum Gasteiger partial charge on any atom is -0.370 e. The van der Waals surface area contributed by atoms with Crippen LogP contribution in [0.4, 0.5) is 5.69 Å². The molecule has 2 aromatic carbocycles. The van der Waals surface area contributed by atoms with Crippen LogP contribution >= 0.6 is 0 Å². The van der Waals surface area contributed by atoms with E-state index in [-0.39, 0.29) is 5.91 Å². The van der Waals surface area contributed by atoms with Gasteiger partial charge in [0.05, 0.1) is 0 Å². The van der Waals surface area contributed by atoms with Gasteiger partial charge in [-0.25, -0.2) is 0 Å². The van der Waals surface area contributed by atoms with Crippen LogP contribution in [0.15, 0.2) is 54.6 Å². The highest BCUT2D eigenvalue weighted by molar-refractivity contribution is 5.84. The van der Waals surface area contributed by atoms with Crippen molar-refractivity contribution >= 4 is 11.6 Å². The summed E-state index contributed by atoms with van der Waals surface area (Å²) in [7, 11) is 0. The number of para-hydroxylation sites is 1. The lowest BCUT2D eigenvalue weighted by molar-refractivity contribution is -0.118. The Kier molecular flexibility index (Phi) is 4.18. The van der Waals surface area contributed by atoms with Gasteiger partial charge in [0, 0.05) is 5.69 Å². The lowest BCUT2D eigenvalue weighted by Crippen LogP contribution is -2.27. The van der Waals surface area contributed by atoms with Crippen molar-refractivity contribution in [3.05, 3.63) is 65.7 Å². The Labute approximate surface area is 113 Å². The Bertz CT molecular complexity index is 534. The third-order valence-corrected chi connectivity index (χ3v) is 3.09. The summed E-state index contributed by atoms with van der Waals surface area (Å²) >= 11 is 0. The van der Waals surface area contributed by atoms with Crippen LogP contribution in [0.1, 0.15) is 24.1 Å². The van der Waals surface area contributed by atoms with E-state index < -0.39 is 6.04 Å². The summed E-state index contributed by atoms with van der Waals surface area (Å²) in [5, 5.41) is 3.16. The molecule has 3 N–H and O–H groups in total. The normalized spacial score (nSPS) is 11.8. The van der Waals surface area contributed by atoms with Gasteiger partial charge >= 0.3 is 0 Å². The average Bonchev–Trinajstić information content (AvgIpc) is 2.46. The number of carbonyl (C=O) groups is 1. The molecular formula is C16H18N2O. The number of nitrogens with one attached hydrogen (secondary N) is 1. The second kappa shape index (κ2) is 6.05. The van der Waals surface area contributed by atoms with Crippen LogP contribution in [0.2, 0.25) is 0 Å². The predicted molar refractivity (Wildman–Crippen MR) is 77.8 cm³/mol. The van der Waals surface area contributed by atoms with Gasteiger partial charge in [0.1, 0.15) is 6.04 Å². The van der Waals surface area contributed by atoms with E-state index in [0.29, 0.717) is 0 Å². The van der Waals surface area contributed by atoms with E-state index in [0.717, 1.165) is 17.7 Å². The predicted octanol–water partition coefficient (Wildman–Crippen LogP) is 2.89. The molecule has 0 radical (unpaired) electrons. The SMILES string of the molecule is CCc1ccc(C(Nc2ccccc2)C(N)=O)cc1. The summed E-state index contributed by atoms with van der Waals surface area (Å²) in [6, 6.07) is 17.0. The molecule has 1 amide bonds. The van der Waals surface area contributed by atoms with Gasteiger partial charge in [-0.15, -0.1) is 0 Å². The van der Waals surface area contributed by atoms with Crippen LogP contribution in [-0.2, 0) is 11.2 Å². The Morgan fingerprint density at radius 1 is 1.11 bits per heavy atom. The fraction of sp³-hybridized carbons (Fsp3) is 0.188. The van der Waals surface area contributed by atoms with Gasteiger partial charge in [-0.3, -0.25) is 4.79 Å². The maximum Gasteiger partial charge on any atom is 0.244 e. The third-order valence-electron chi connectivity index (χ3n) is 3.09. The largest absolute Gasteiger partial charge is 0.370 e. The van der Waals surface area contributed by atoms with Crippen molar-refractivity contribution in [2.75, 3.05) is 5.32 Å². The zero-order chi connectivity index (χ0) is 13.7. The first-order valence-electron chi connectivity index (χ1n) is 6.40. The highest BCUT2D eigenvalue weighted by Gasteiger charge is 2.17. The molecular weight excluding hydrogens is 236 g/mol. The van der Waals surface area contributed by atoms with Crippen LogP contribution in [0, 0.1) is 0 Å². The summed E-state index contributed by atoms with van der Waals surface area (Å²) in [5.74, 6) is -0.381. The van der Waals surface area contributed by atoms with Gasteiger partial charge in [-0.2, -0.15) is 0 Å². The standard InChI is InChI=1S/C16H18N2O/c1-2-12-8-10-13(11-9-12)15(16(17)19)18-14-6-4-3-5-7-14/h3-11,15,18H,2H2,1H3,(H2,17,19). The van der Waals surface area contributed by atoms with Gasteiger partial charge in [0.15, 0.2) is 0 Å². The van der Waals surface area contributed by atoms with Crippen molar-refractivity contribution in [2.24, 2.45) is 5.73 Å². The van der Waals surface area contributed by atoms with E-state index in [4.69, 9.17) is 5.73 Å². The van der Waals surface area contributed by atoms with Gasteiger partial charge < -0.3 is 11.1 Å². The molecule has 0 aliphatic heterocycles. The molecule has 0 heterocycles. The molecule has 0 bridgehead atoms. The molecule has 0 fully saturated rings. The molecule has 2 aromatic rings. The van der Waals surface area contributed by atoms with Gasteiger partial charge in [-0.1, -0.05) is 49.4 Å². The quantitative estimate of drug-likeness (QED) is 0.862. The first kappa shape index (κ1) is 13.1. The average molecular weight is 254 g/mol. The maximum atomic E-state index is 11.6. The van der Waals surface area contributed by atoms with Crippen LogP contribution in [0.25, 0.3) is 0 Å². The van der Waals surface area contributed by atoms with Crippen molar-refractivity contribution < 1.29 is 4.79 Å². The molecule has 0 aromatic heterocycles. The summed E-state index contributed by atoms with van der Waals surface area (Å²) in [6.45, 7) is 2.10. The van der Waals surface area contributed by atoms with Gasteiger partial charge in [0.25, 0.3) is 0 Å². The first-order valence-corrected chi connectivity index (χ1v) is 6.40. The van der Waals surface area contributed by atoms with Crippen LogP contribution in [-0.4, -0.2) is 5.91 Å². The summed E-state index contributed by atoms with van der Waals surface area (Å²) in [5.41, 5.74) is 8.49. The number of amides is 1. The summed E-state index contributed by atoms with van der Waals surface area (Å²) < 4.78 is 0. The lowest BCUT2D eigenvalue weighted by atomic mass is 10.0. The summed E-state index contributed by atoms with van der Waals surface area (Å²) in [6.07, 6.45) is 0.980. The molecule has 1 unspecified atom stereocenters. The number of anilines is 1. The van der Waals surface area contributed by atoms with Crippen molar-refractivity contribution in [1.29, 1.82) is 0 Å². The number of benzene rings is 2. The highest BCUT2D eigenvalue weighted by atomic mass is 16.1. The molecule has 1 atom stereocenters. The smallest absolute Gasteiger partial charge is 0.244 e.